The first-order chi connectivity index (χ1) is 40.1. The van der Waals surface area contributed by atoms with E-state index in [4.69, 9.17) is 18.9 Å². The lowest BCUT2D eigenvalue weighted by atomic mass is 9.97. The Labute approximate surface area is 498 Å². The zero-order valence-electron chi connectivity index (χ0n) is 51.5. The summed E-state index contributed by atoms with van der Waals surface area (Å²) >= 11 is 0. The minimum Gasteiger partial charge on any atom is -0.394 e. The zero-order valence-corrected chi connectivity index (χ0v) is 51.5. The van der Waals surface area contributed by atoms with Gasteiger partial charge in [0.15, 0.2) is 12.6 Å². The van der Waals surface area contributed by atoms with Crippen LogP contribution in [0.1, 0.15) is 258 Å². The molecule has 0 saturated carbocycles. The molecule has 0 aromatic heterocycles. The lowest BCUT2D eigenvalue weighted by molar-refractivity contribution is -0.359. The van der Waals surface area contributed by atoms with Crippen molar-refractivity contribution in [2.45, 2.75) is 331 Å². The van der Waals surface area contributed by atoms with E-state index in [1.54, 1.807) is 6.08 Å². The molecule has 14 nitrogen and oxygen atoms in total. The Morgan fingerprint density at radius 3 is 1.28 bits per heavy atom. The van der Waals surface area contributed by atoms with E-state index in [0.29, 0.717) is 12.8 Å². The second kappa shape index (κ2) is 52.7. The summed E-state index contributed by atoms with van der Waals surface area (Å²) in [5.74, 6) is -0.258. The van der Waals surface area contributed by atoms with Gasteiger partial charge in [0, 0.05) is 6.42 Å². The first-order valence-corrected chi connectivity index (χ1v) is 33.2. The molecule has 476 valence electrons. The molecule has 12 atom stereocenters. The Bertz CT molecular complexity index is 1650. The number of carbonyl (C=O) groups is 1. The highest BCUT2D eigenvalue weighted by Crippen LogP contribution is 2.30. The maximum absolute atomic E-state index is 13.3. The number of allylic oxidation sites excluding steroid dienone is 11. The number of unbranched alkanes of at least 4 members (excludes halogenated alkanes) is 30. The minimum atomic E-state index is -1.80. The number of amides is 1. The van der Waals surface area contributed by atoms with Gasteiger partial charge in [-0.1, -0.05) is 241 Å². The average molecular weight is 1160 g/mol. The Morgan fingerprint density at radius 1 is 0.439 bits per heavy atom. The summed E-state index contributed by atoms with van der Waals surface area (Å²) in [5.41, 5.74) is 0. The molecule has 0 aromatic carbocycles. The van der Waals surface area contributed by atoms with Gasteiger partial charge < -0.3 is 65.1 Å². The van der Waals surface area contributed by atoms with Gasteiger partial charge in [0.2, 0.25) is 5.91 Å². The van der Waals surface area contributed by atoms with E-state index in [9.17, 15) is 45.6 Å². The lowest BCUT2D eigenvalue weighted by Crippen LogP contribution is -2.65. The van der Waals surface area contributed by atoms with Gasteiger partial charge in [-0.3, -0.25) is 4.79 Å². The number of hydrogen-bond donors (Lipinski definition) is 9. The fourth-order valence-corrected chi connectivity index (χ4v) is 10.5. The molecule has 2 aliphatic rings. The predicted octanol–water partition coefficient (Wildman–Crippen LogP) is 12.7. The van der Waals surface area contributed by atoms with Gasteiger partial charge in [-0.25, -0.2) is 0 Å². The molecule has 9 N–H and O–H groups in total. The molecule has 2 aliphatic heterocycles. The van der Waals surface area contributed by atoms with Crippen LogP contribution in [0.5, 0.6) is 0 Å². The summed E-state index contributed by atoms with van der Waals surface area (Å²) in [4.78, 5) is 13.3. The maximum Gasteiger partial charge on any atom is 0.220 e. The fourth-order valence-electron chi connectivity index (χ4n) is 10.5. The Hall–Kier alpha value is -2.57. The molecule has 0 aliphatic carbocycles. The van der Waals surface area contributed by atoms with Gasteiger partial charge in [0.25, 0.3) is 0 Å². The van der Waals surface area contributed by atoms with Crippen molar-refractivity contribution in [3.8, 4) is 0 Å². The van der Waals surface area contributed by atoms with Crippen molar-refractivity contribution < 1.29 is 64.6 Å². The van der Waals surface area contributed by atoms with Gasteiger partial charge in [0.05, 0.1) is 32.0 Å². The van der Waals surface area contributed by atoms with Crippen molar-refractivity contribution in [3.63, 3.8) is 0 Å². The van der Waals surface area contributed by atoms with E-state index >= 15 is 0 Å². The molecule has 0 bridgehead atoms. The summed E-state index contributed by atoms with van der Waals surface area (Å²) in [7, 11) is 0. The largest absolute Gasteiger partial charge is 0.394 e. The number of aliphatic hydroxyl groups excluding tert-OH is 8. The summed E-state index contributed by atoms with van der Waals surface area (Å²) in [6.07, 6.45) is 53.7. The van der Waals surface area contributed by atoms with E-state index < -0.39 is 86.8 Å². The highest BCUT2D eigenvalue weighted by Gasteiger charge is 2.51. The van der Waals surface area contributed by atoms with Crippen molar-refractivity contribution in [3.05, 3.63) is 72.9 Å². The van der Waals surface area contributed by atoms with Crippen LogP contribution in [0, 0.1) is 0 Å². The van der Waals surface area contributed by atoms with Crippen molar-refractivity contribution >= 4 is 5.91 Å². The fraction of sp³-hybridized carbons (Fsp3) is 0.809. The highest BCUT2D eigenvalue weighted by atomic mass is 16.7. The van der Waals surface area contributed by atoms with Gasteiger partial charge in [-0.2, -0.15) is 0 Å². The van der Waals surface area contributed by atoms with Crippen LogP contribution in [-0.2, 0) is 23.7 Å². The third kappa shape index (κ3) is 37.1. The van der Waals surface area contributed by atoms with Crippen LogP contribution in [0.15, 0.2) is 72.9 Å². The Balaban J connectivity index is 1.75. The van der Waals surface area contributed by atoms with Gasteiger partial charge >= 0.3 is 0 Å². The SMILES string of the molecule is CCCCCCC/C=C\C/C=C\C/C=C\CCCCCCCCCCCCC(=O)NC(COC1OC(CO)C(OC2OC(CO)C(O)C(O)C2O)C(O)C1O)C(O)/C=C/CC/C=C/CC/C=C/CCCCCCCCCCCCCCC. The van der Waals surface area contributed by atoms with E-state index in [-0.39, 0.29) is 18.9 Å². The summed E-state index contributed by atoms with van der Waals surface area (Å²) < 4.78 is 22.8. The maximum atomic E-state index is 13.3. The summed E-state index contributed by atoms with van der Waals surface area (Å²) in [6, 6.07) is -0.945. The molecule has 2 rings (SSSR count). The zero-order chi connectivity index (χ0) is 59.5. The molecule has 2 saturated heterocycles. The van der Waals surface area contributed by atoms with Gasteiger partial charge in [-0.05, 0) is 83.5 Å². The van der Waals surface area contributed by atoms with Crippen LogP contribution in [0.2, 0.25) is 0 Å². The number of aliphatic hydroxyl groups is 8. The molecule has 2 heterocycles. The Morgan fingerprint density at radius 2 is 0.817 bits per heavy atom. The van der Waals surface area contributed by atoms with E-state index in [0.717, 1.165) is 64.2 Å². The molecular formula is C68H121NO13. The Kier molecular flexibility index (Phi) is 48.6. The average Bonchev–Trinajstić information content (AvgIpc) is 3.56. The van der Waals surface area contributed by atoms with E-state index in [2.05, 4.69) is 79.9 Å². The first-order valence-electron chi connectivity index (χ1n) is 33.2. The van der Waals surface area contributed by atoms with E-state index in [1.165, 1.54) is 161 Å². The molecular weight excluding hydrogens is 1040 g/mol. The van der Waals surface area contributed by atoms with Crippen LogP contribution in [0.25, 0.3) is 0 Å². The summed E-state index contributed by atoms with van der Waals surface area (Å²) in [6.45, 7) is 2.78. The van der Waals surface area contributed by atoms with E-state index in [1.807, 2.05) is 6.08 Å². The van der Waals surface area contributed by atoms with Gasteiger partial charge in [-0.15, -0.1) is 0 Å². The molecule has 12 unspecified atom stereocenters. The van der Waals surface area contributed by atoms with Crippen LogP contribution < -0.4 is 5.32 Å². The predicted molar refractivity (Wildman–Crippen MR) is 332 cm³/mol. The molecule has 0 spiro atoms. The standard InChI is InChI=1S/C68H121NO13/c1-3-5-7-9-11-13-15-17-19-21-23-25-27-28-30-32-34-36-38-40-42-44-46-48-50-52-60(73)69-56(55-79-67-65(78)63(76)66(59(54-71)81-67)82-68-64(77)62(75)61(74)58(53-70)80-68)57(72)51-49-47-45-43-41-39-37-35-33-31-29-26-24-22-20-18-16-14-12-10-8-6-4-2/h15,17,21,23,27-28,33,35,41,43,49,51,56-59,61-68,70-72,74-78H,3-14,16,18-20,22,24-26,29-32,34,36-40,42,44-48,50,52-55H2,1-2H3,(H,69,73)/b17-15-,23-21-,28-27-,35-33+,43-41+,51-49+. The number of hydrogen-bond acceptors (Lipinski definition) is 13. The van der Waals surface area contributed by atoms with Crippen LogP contribution in [0.3, 0.4) is 0 Å². The smallest absolute Gasteiger partial charge is 0.220 e. The quantitative estimate of drug-likeness (QED) is 0.0204. The second-order valence-corrected chi connectivity index (χ2v) is 23.2. The lowest BCUT2D eigenvalue weighted by Gasteiger charge is -2.46. The number of carbonyl (C=O) groups excluding carboxylic acids is 1. The number of ether oxygens (including phenoxy) is 4. The third-order valence-electron chi connectivity index (χ3n) is 15.8. The summed E-state index contributed by atoms with van der Waals surface area (Å²) in [5, 5.41) is 87.3. The highest BCUT2D eigenvalue weighted by molar-refractivity contribution is 5.76. The third-order valence-corrected chi connectivity index (χ3v) is 15.8. The van der Waals surface area contributed by atoms with Crippen molar-refractivity contribution in [2.24, 2.45) is 0 Å². The van der Waals surface area contributed by atoms with Crippen LogP contribution in [-0.4, -0.2) is 140 Å². The topological polar surface area (TPSA) is 228 Å². The molecule has 1 amide bonds. The first kappa shape index (κ1) is 75.5. The van der Waals surface area contributed by atoms with Gasteiger partial charge in [0.1, 0.15) is 48.8 Å². The minimum absolute atomic E-state index is 0.258. The monoisotopic (exact) mass is 1160 g/mol. The molecule has 82 heavy (non-hydrogen) atoms. The van der Waals surface area contributed by atoms with Crippen LogP contribution in [0.4, 0.5) is 0 Å². The van der Waals surface area contributed by atoms with Crippen LogP contribution >= 0.6 is 0 Å². The molecule has 14 heteroatoms. The van der Waals surface area contributed by atoms with Crippen molar-refractivity contribution in [1.82, 2.24) is 5.32 Å². The number of rotatable bonds is 53. The normalized spacial score (nSPS) is 24.4. The molecule has 0 radical (unpaired) electrons. The number of nitrogens with one attached hydrogen (secondary N) is 1. The molecule has 2 fully saturated rings. The second-order valence-electron chi connectivity index (χ2n) is 23.2. The van der Waals surface area contributed by atoms with Crippen molar-refractivity contribution in [2.75, 3.05) is 19.8 Å². The van der Waals surface area contributed by atoms with Crippen molar-refractivity contribution in [1.29, 1.82) is 0 Å². The molecule has 0 aromatic rings.